The van der Waals surface area contributed by atoms with Crippen molar-refractivity contribution < 1.29 is 9.53 Å². The van der Waals surface area contributed by atoms with Gasteiger partial charge in [-0.05, 0) is 67.8 Å². The van der Waals surface area contributed by atoms with Gasteiger partial charge in [-0.1, -0.05) is 29.4 Å². The van der Waals surface area contributed by atoms with Crippen molar-refractivity contribution in [1.82, 2.24) is 14.8 Å². The fourth-order valence-corrected chi connectivity index (χ4v) is 3.67. The molecule has 0 saturated carbocycles. The van der Waals surface area contributed by atoms with Crippen molar-refractivity contribution in [1.29, 1.82) is 0 Å². The standard InChI is InChI=1S/C21H23ClN4O2S/c1-13-7-14(2)9-16(8-13)23-20(27)12-29-21-25-24-19(26(21)4)11-28-17-5-6-18(22)15(3)10-17/h5-10H,11-12H2,1-4H3,(H,23,27). The summed E-state index contributed by atoms with van der Waals surface area (Å²) in [5.41, 5.74) is 3.98. The summed E-state index contributed by atoms with van der Waals surface area (Å²) in [6.45, 7) is 6.22. The molecule has 0 unspecified atom stereocenters. The Bertz CT molecular complexity index is 1020. The lowest BCUT2D eigenvalue weighted by molar-refractivity contribution is -0.113. The van der Waals surface area contributed by atoms with E-state index in [1.807, 2.05) is 56.7 Å². The highest BCUT2D eigenvalue weighted by Gasteiger charge is 2.12. The number of hydrogen-bond donors (Lipinski definition) is 1. The minimum atomic E-state index is -0.0857. The molecular formula is C21H23ClN4O2S. The third-order valence-corrected chi connectivity index (χ3v) is 5.70. The lowest BCUT2D eigenvalue weighted by Crippen LogP contribution is -2.14. The first-order valence-electron chi connectivity index (χ1n) is 9.10. The Morgan fingerprint density at radius 3 is 2.55 bits per heavy atom. The molecule has 0 saturated heterocycles. The maximum absolute atomic E-state index is 12.3. The van der Waals surface area contributed by atoms with Crippen LogP contribution in [0.3, 0.4) is 0 Å². The van der Waals surface area contributed by atoms with Crippen LogP contribution in [0.2, 0.25) is 5.02 Å². The molecule has 152 valence electrons. The number of amides is 1. The van der Waals surface area contributed by atoms with Gasteiger partial charge in [-0.3, -0.25) is 4.79 Å². The number of benzene rings is 2. The van der Waals surface area contributed by atoms with Gasteiger partial charge in [0.05, 0.1) is 5.75 Å². The van der Waals surface area contributed by atoms with E-state index in [2.05, 4.69) is 21.6 Å². The molecule has 0 spiro atoms. The predicted octanol–water partition coefficient (Wildman–Crippen LogP) is 4.70. The van der Waals surface area contributed by atoms with Crippen LogP contribution in [0.25, 0.3) is 0 Å². The molecule has 0 aliphatic heterocycles. The van der Waals surface area contributed by atoms with Gasteiger partial charge < -0.3 is 14.6 Å². The van der Waals surface area contributed by atoms with Crippen molar-refractivity contribution in [3.8, 4) is 5.75 Å². The molecule has 0 aliphatic rings. The fraction of sp³-hybridized carbons (Fsp3) is 0.286. The third kappa shape index (κ3) is 5.74. The van der Waals surface area contributed by atoms with E-state index in [9.17, 15) is 4.79 Å². The summed E-state index contributed by atoms with van der Waals surface area (Å²) in [5.74, 6) is 1.56. The van der Waals surface area contributed by atoms with E-state index >= 15 is 0 Å². The summed E-state index contributed by atoms with van der Waals surface area (Å²) < 4.78 is 7.61. The van der Waals surface area contributed by atoms with E-state index in [0.29, 0.717) is 16.0 Å². The van der Waals surface area contributed by atoms with Gasteiger partial charge in [0.25, 0.3) is 0 Å². The van der Waals surface area contributed by atoms with Crippen molar-refractivity contribution in [3.63, 3.8) is 0 Å². The molecule has 1 N–H and O–H groups in total. The zero-order valence-electron chi connectivity index (χ0n) is 16.8. The molecule has 6 nitrogen and oxygen atoms in total. The van der Waals surface area contributed by atoms with E-state index in [1.54, 1.807) is 6.07 Å². The van der Waals surface area contributed by atoms with Crippen LogP contribution in [0.5, 0.6) is 5.75 Å². The van der Waals surface area contributed by atoms with Crippen molar-refractivity contribution in [3.05, 3.63) is 63.9 Å². The molecule has 3 rings (SSSR count). The maximum atomic E-state index is 12.3. The minimum Gasteiger partial charge on any atom is -0.486 e. The van der Waals surface area contributed by atoms with Gasteiger partial charge in [-0.25, -0.2) is 0 Å². The van der Waals surface area contributed by atoms with Crippen LogP contribution in [0.15, 0.2) is 41.6 Å². The number of halogens is 1. The molecule has 8 heteroatoms. The van der Waals surface area contributed by atoms with Crippen molar-refractivity contribution >= 4 is 35.0 Å². The molecule has 0 radical (unpaired) electrons. The highest BCUT2D eigenvalue weighted by atomic mass is 35.5. The average Bonchev–Trinajstić information content (AvgIpc) is 3.00. The van der Waals surface area contributed by atoms with Gasteiger partial charge in [0.15, 0.2) is 11.0 Å². The first-order valence-corrected chi connectivity index (χ1v) is 10.5. The first-order chi connectivity index (χ1) is 13.8. The third-order valence-electron chi connectivity index (χ3n) is 4.26. The van der Waals surface area contributed by atoms with E-state index in [0.717, 1.165) is 28.1 Å². The second kappa shape index (κ2) is 9.33. The Labute approximate surface area is 179 Å². The molecule has 2 aromatic carbocycles. The number of rotatable bonds is 7. The number of carbonyl (C=O) groups excluding carboxylic acids is 1. The zero-order chi connectivity index (χ0) is 21.0. The molecule has 1 aromatic heterocycles. The van der Waals surface area contributed by atoms with Gasteiger partial charge >= 0.3 is 0 Å². The maximum Gasteiger partial charge on any atom is 0.234 e. The molecule has 0 fully saturated rings. The van der Waals surface area contributed by atoms with Crippen LogP contribution >= 0.6 is 23.4 Å². The number of aryl methyl sites for hydroxylation is 3. The number of aromatic nitrogens is 3. The predicted molar refractivity (Wildman–Crippen MR) is 117 cm³/mol. The number of anilines is 1. The van der Waals surface area contributed by atoms with Gasteiger partial charge in [0.2, 0.25) is 5.91 Å². The molecular weight excluding hydrogens is 408 g/mol. The Hall–Kier alpha value is -2.51. The van der Waals surface area contributed by atoms with Gasteiger partial charge in [-0.2, -0.15) is 0 Å². The number of hydrogen-bond acceptors (Lipinski definition) is 5. The van der Waals surface area contributed by atoms with Crippen LogP contribution < -0.4 is 10.1 Å². The molecule has 1 amide bonds. The summed E-state index contributed by atoms with van der Waals surface area (Å²) in [7, 11) is 1.86. The summed E-state index contributed by atoms with van der Waals surface area (Å²) in [6.07, 6.45) is 0. The molecule has 0 atom stereocenters. The van der Waals surface area contributed by atoms with Crippen LogP contribution in [0, 0.1) is 20.8 Å². The number of ether oxygens (including phenoxy) is 1. The lowest BCUT2D eigenvalue weighted by atomic mass is 10.1. The second-order valence-electron chi connectivity index (χ2n) is 6.87. The largest absolute Gasteiger partial charge is 0.486 e. The summed E-state index contributed by atoms with van der Waals surface area (Å²) >= 11 is 7.37. The summed E-state index contributed by atoms with van der Waals surface area (Å²) in [5, 5.41) is 12.6. The number of thioether (sulfide) groups is 1. The van der Waals surface area contributed by atoms with Crippen LogP contribution in [-0.4, -0.2) is 26.4 Å². The normalized spacial score (nSPS) is 10.8. The molecule has 0 aliphatic carbocycles. The number of carbonyl (C=O) groups is 1. The fourth-order valence-electron chi connectivity index (χ4n) is 2.83. The van der Waals surface area contributed by atoms with E-state index in [4.69, 9.17) is 16.3 Å². The van der Waals surface area contributed by atoms with Gasteiger partial charge in [0.1, 0.15) is 12.4 Å². The van der Waals surface area contributed by atoms with Crippen molar-refractivity contribution in [2.75, 3.05) is 11.1 Å². The van der Waals surface area contributed by atoms with Gasteiger partial charge in [0, 0.05) is 17.8 Å². The Morgan fingerprint density at radius 1 is 1.14 bits per heavy atom. The molecule has 3 aromatic rings. The second-order valence-corrected chi connectivity index (χ2v) is 8.22. The molecule has 29 heavy (non-hydrogen) atoms. The highest BCUT2D eigenvalue weighted by molar-refractivity contribution is 7.99. The lowest BCUT2D eigenvalue weighted by Gasteiger charge is -2.08. The van der Waals surface area contributed by atoms with Crippen molar-refractivity contribution in [2.24, 2.45) is 7.05 Å². The average molecular weight is 431 g/mol. The van der Waals surface area contributed by atoms with Gasteiger partial charge in [-0.15, -0.1) is 10.2 Å². The summed E-state index contributed by atoms with van der Waals surface area (Å²) in [6, 6.07) is 11.5. The SMILES string of the molecule is Cc1cc(C)cc(NC(=O)CSc2nnc(COc3ccc(Cl)c(C)c3)n2C)c1. The number of nitrogens with one attached hydrogen (secondary N) is 1. The Morgan fingerprint density at radius 2 is 1.86 bits per heavy atom. The van der Waals surface area contributed by atoms with E-state index in [1.165, 1.54) is 11.8 Å². The van der Waals surface area contributed by atoms with E-state index in [-0.39, 0.29) is 18.3 Å². The topological polar surface area (TPSA) is 69.0 Å². The highest BCUT2D eigenvalue weighted by Crippen LogP contribution is 2.22. The van der Waals surface area contributed by atoms with Crippen LogP contribution in [0.1, 0.15) is 22.5 Å². The monoisotopic (exact) mass is 430 g/mol. The quantitative estimate of drug-likeness (QED) is 0.550. The molecule has 1 heterocycles. The summed E-state index contributed by atoms with van der Waals surface area (Å²) in [4.78, 5) is 12.3. The molecule has 0 bridgehead atoms. The first kappa shape index (κ1) is 21.2. The number of nitrogens with zero attached hydrogens (tertiary/aromatic N) is 3. The van der Waals surface area contributed by atoms with Crippen LogP contribution in [-0.2, 0) is 18.4 Å². The van der Waals surface area contributed by atoms with Crippen molar-refractivity contribution in [2.45, 2.75) is 32.5 Å². The van der Waals surface area contributed by atoms with Crippen LogP contribution in [0.4, 0.5) is 5.69 Å². The Kier molecular flexibility index (Phi) is 6.82. The minimum absolute atomic E-state index is 0.0857. The Balaban J connectivity index is 1.54. The zero-order valence-corrected chi connectivity index (χ0v) is 18.4. The van der Waals surface area contributed by atoms with E-state index < -0.39 is 0 Å². The smallest absolute Gasteiger partial charge is 0.234 e.